The second kappa shape index (κ2) is 9.71. The molecule has 0 aromatic heterocycles. The van der Waals surface area contributed by atoms with Gasteiger partial charge < -0.3 is 5.32 Å². The molecule has 1 amide bonds. The van der Waals surface area contributed by atoms with Gasteiger partial charge in [0.25, 0.3) is 5.69 Å². The van der Waals surface area contributed by atoms with E-state index in [9.17, 15) is 23.3 Å². The van der Waals surface area contributed by atoms with Gasteiger partial charge in [0.15, 0.2) is 0 Å². The first-order chi connectivity index (χ1) is 14.0. The first kappa shape index (κ1) is 23.3. The zero-order valence-corrected chi connectivity index (χ0v) is 18.3. The third kappa shape index (κ3) is 6.03. The Morgan fingerprint density at radius 2 is 1.80 bits per heavy atom. The minimum absolute atomic E-state index is 0.117. The van der Waals surface area contributed by atoms with E-state index in [0.717, 1.165) is 22.5 Å². The van der Waals surface area contributed by atoms with Crippen molar-refractivity contribution in [2.45, 2.75) is 45.7 Å². The fourth-order valence-corrected chi connectivity index (χ4v) is 4.42. The molecular formula is C21H27N3O5S. The van der Waals surface area contributed by atoms with E-state index in [-0.39, 0.29) is 17.4 Å². The zero-order valence-electron chi connectivity index (χ0n) is 17.5. The van der Waals surface area contributed by atoms with Crippen molar-refractivity contribution in [3.8, 4) is 0 Å². The number of nitro benzene ring substituents is 1. The van der Waals surface area contributed by atoms with E-state index in [1.165, 1.54) is 25.1 Å². The van der Waals surface area contributed by atoms with E-state index >= 15 is 0 Å². The van der Waals surface area contributed by atoms with Gasteiger partial charge in [0, 0.05) is 18.2 Å². The van der Waals surface area contributed by atoms with Gasteiger partial charge in [-0.3, -0.25) is 19.2 Å². The maximum atomic E-state index is 12.8. The lowest BCUT2D eigenvalue weighted by Crippen LogP contribution is -2.50. The van der Waals surface area contributed by atoms with Crippen LogP contribution in [0.3, 0.4) is 0 Å². The molecule has 8 nitrogen and oxygen atoms in total. The second-order valence-electron chi connectivity index (χ2n) is 7.40. The fourth-order valence-electron chi connectivity index (χ4n) is 3.19. The van der Waals surface area contributed by atoms with Gasteiger partial charge in [-0.15, -0.1) is 0 Å². The van der Waals surface area contributed by atoms with Crippen molar-refractivity contribution in [1.82, 2.24) is 5.32 Å². The number of non-ortho nitro benzene ring substituents is 1. The smallest absolute Gasteiger partial charge is 0.271 e. The molecule has 0 spiro atoms. The third-order valence-electron chi connectivity index (χ3n) is 4.83. The molecule has 2 aromatic carbocycles. The monoisotopic (exact) mass is 433 g/mol. The predicted molar refractivity (Wildman–Crippen MR) is 117 cm³/mol. The highest BCUT2D eigenvalue weighted by atomic mass is 32.2. The lowest BCUT2D eigenvalue weighted by atomic mass is 10.1. The molecule has 1 N–H and O–H groups in total. The van der Waals surface area contributed by atoms with Crippen molar-refractivity contribution in [2.75, 3.05) is 10.6 Å². The lowest BCUT2D eigenvalue weighted by molar-refractivity contribution is -0.384. The Morgan fingerprint density at radius 1 is 1.17 bits per heavy atom. The summed E-state index contributed by atoms with van der Waals surface area (Å²) in [6, 6.07) is 12.6. The van der Waals surface area contributed by atoms with Crippen LogP contribution in [-0.4, -0.2) is 37.6 Å². The van der Waals surface area contributed by atoms with Crippen molar-refractivity contribution >= 4 is 27.3 Å². The topological polar surface area (TPSA) is 110 Å². The summed E-state index contributed by atoms with van der Waals surface area (Å²) in [4.78, 5) is 23.3. The molecule has 0 aliphatic rings. The first-order valence-corrected chi connectivity index (χ1v) is 11.4. The predicted octanol–water partition coefficient (Wildman–Crippen LogP) is 3.20. The molecule has 2 aromatic rings. The number of nitro groups is 1. The maximum Gasteiger partial charge on any atom is 0.271 e. The van der Waals surface area contributed by atoms with Gasteiger partial charge in [0.1, 0.15) is 6.04 Å². The number of sulfonamides is 1. The quantitative estimate of drug-likeness (QED) is 0.482. The van der Waals surface area contributed by atoms with Crippen LogP contribution in [0, 0.1) is 17.0 Å². The number of hydrogen-bond donors (Lipinski definition) is 1. The Morgan fingerprint density at radius 3 is 2.37 bits per heavy atom. The first-order valence-electron chi connectivity index (χ1n) is 9.59. The Hall–Kier alpha value is -2.94. The van der Waals surface area contributed by atoms with Crippen LogP contribution in [0.2, 0.25) is 0 Å². The summed E-state index contributed by atoms with van der Waals surface area (Å²) in [7, 11) is -3.87. The summed E-state index contributed by atoms with van der Waals surface area (Å²) in [5.74, 6) is -0.466. The maximum absolute atomic E-state index is 12.8. The largest absolute Gasteiger partial charge is 0.352 e. The van der Waals surface area contributed by atoms with E-state index in [1.807, 2.05) is 37.3 Å². The number of rotatable bonds is 9. The fraction of sp³-hybridized carbons (Fsp3) is 0.381. The molecule has 0 bridgehead atoms. The number of amides is 1. The minimum atomic E-state index is -3.87. The number of nitrogens with one attached hydrogen (secondary N) is 1. The van der Waals surface area contributed by atoms with Crippen LogP contribution in [0.25, 0.3) is 0 Å². The van der Waals surface area contributed by atoms with Gasteiger partial charge in [-0.1, -0.05) is 36.4 Å². The van der Waals surface area contributed by atoms with Crippen molar-refractivity contribution < 1.29 is 18.1 Å². The van der Waals surface area contributed by atoms with Crippen LogP contribution in [0.4, 0.5) is 11.4 Å². The van der Waals surface area contributed by atoms with E-state index < -0.39 is 26.9 Å². The molecule has 0 saturated carbocycles. The molecule has 0 aliphatic carbocycles. The summed E-state index contributed by atoms with van der Waals surface area (Å²) >= 11 is 0. The molecule has 0 radical (unpaired) electrons. The van der Waals surface area contributed by atoms with E-state index in [1.54, 1.807) is 6.92 Å². The Bertz CT molecular complexity index is 1010. The molecule has 0 aliphatic heterocycles. The average molecular weight is 434 g/mol. The highest BCUT2D eigenvalue weighted by molar-refractivity contribution is 7.92. The van der Waals surface area contributed by atoms with Gasteiger partial charge in [-0.25, -0.2) is 8.42 Å². The lowest BCUT2D eigenvalue weighted by Gasteiger charge is -2.30. The van der Waals surface area contributed by atoms with E-state index in [2.05, 4.69) is 5.32 Å². The van der Waals surface area contributed by atoms with Crippen LogP contribution in [-0.2, 0) is 21.2 Å². The average Bonchev–Trinajstić information content (AvgIpc) is 2.67. The number of hydrogen-bond acceptors (Lipinski definition) is 5. The van der Waals surface area contributed by atoms with Crippen molar-refractivity contribution in [2.24, 2.45) is 0 Å². The van der Waals surface area contributed by atoms with Gasteiger partial charge in [-0.2, -0.15) is 0 Å². The van der Waals surface area contributed by atoms with Crippen molar-refractivity contribution in [3.05, 3.63) is 69.8 Å². The summed E-state index contributed by atoms with van der Waals surface area (Å²) in [5.41, 5.74) is 1.54. The SMILES string of the molecule is Cc1ccc([N+](=O)[O-])cc1N([C@@H](C)C(=O)N[C@H](C)CCc1ccccc1)S(C)(=O)=O. The zero-order chi connectivity index (χ0) is 22.5. The number of nitrogens with zero attached hydrogens (tertiary/aromatic N) is 2. The Kier molecular flexibility index (Phi) is 7.55. The van der Waals surface area contributed by atoms with E-state index in [0.29, 0.717) is 12.0 Å². The van der Waals surface area contributed by atoms with Crippen LogP contribution >= 0.6 is 0 Å². The molecule has 9 heteroatoms. The summed E-state index contributed by atoms with van der Waals surface area (Å²) < 4.78 is 25.9. The van der Waals surface area contributed by atoms with Crippen LogP contribution < -0.4 is 9.62 Å². The number of benzene rings is 2. The van der Waals surface area contributed by atoms with Crippen molar-refractivity contribution in [1.29, 1.82) is 0 Å². The standard InChI is InChI=1S/C21H27N3O5S/c1-15-10-13-19(24(26)27)14-20(15)23(30(4,28)29)17(3)21(25)22-16(2)11-12-18-8-6-5-7-9-18/h5-10,13-14,16-17H,11-12H2,1-4H3,(H,22,25)/t16-,17+/m1/s1. The molecule has 2 rings (SSSR count). The highest BCUT2D eigenvalue weighted by Crippen LogP contribution is 2.29. The van der Waals surface area contributed by atoms with Crippen LogP contribution in [0.1, 0.15) is 31.4 Å². The number of anilines is 1. The normalized spacial score (nSPS) is 13.3. The molecule has 0 unspecified atom stereocenters. The highest BCUT2D eigenvalue weighted by Gasteiger charge is 2.31. The van der Waals surface area contributed by atoms with Crippen molar-refractivity contribution in [3.63, 3.8) is 0 Å². The number of carbonyl (C=O) groups is 1. The van der Waals surface area contributed by atoms with Gasteiger partial charge in [0.05, 0.1) is 16.9 Å². The molecule has 0 fully saturated rings. The molecule has 30 heavy (non-hydrogen) atoms. The van der Waals surface area contributed by atoms with Crippen LogP contribution in [0.5, 0.6) is 0 Å². The Labute approximate surface area is 177 Å². The molecule has 162 valence electrons. The summed E-state index contributed by atoms with van der Waals surface area (Å²) in [6.07, 6.45) is 2.45. The van der Waals surface area contributed by atoms with Gasteiger partial charge >= 0.3 is 0 Å². The minimum Gasteiger partial charge on any atom is -0.352 e. The van der Waals surface area contributed by atoms with Gasteiger partial charge in [0.2, 0.25) is 15.9 Å². The van der Waals surface area contributed by atoms with Crippen LogP contribution in [0.15, 0.2) is 48.5 Å². The number of carbonyl (C=O) groups excluding carboxylic acids is 1. The Balaban J connectivity index is 2.19. The summed E-state index contributed by atoms with van der Waals surface area (Å²) in [6.45, 7) is 4.97. The van der Waals surface area contributed by atoms with E-state index in [4.69, 9.17) is 0 Å². The molecule has 2 atom stereocenters. The molecule has 0 heterocycles. The molecule has 0 saturated heterocycles. The number of aryl methyl sites for hydroxylation is 2. The summed E-state index contributed by atoms with van der Waals surface area (Å²) in [5, 5.41) is 14.0. The van der Waals surface area contributed by atoms with Gasteiger partial charge in [-0.05, 0) is 44.7 Å². The second-order valence-corrected chi connectivity index (χ2v) is 9.26. The third-order valence-corrected chi connectivity index (χ3v) is 6.05. The molecular weight excluding hydrogens is 406 g/mol.